The maximum absolute atomic E-state index is 6.31. The van der Waals surface area contributed by atoms with E-state index in [0.717, 1.165) is 39.7 Å². The third-order valence-electron chi connectivity index (χ3n) is 6.86. The SMILES string of the molecule is Cc1ncc(-c2ccc(N)c(Cc3cc4c(-c5ccc6c(c5)CCC6)cncc4[nH]3)n2)n1C. The molecule has 0 atom stereocenters. The van der Waals surface area contributed by atoms with Gasteiger partial charge in [0.05, 0.1) is 40.7 Å². The number of aromatic nitrogens is 5. The Hall–Kier alpha value is -3.93. The number of aromatic amines is 1. The third kappa shape index (κ3) is 3.39. The lowest BCUT2D eigenvalue weighted by atomic mass is 9.99. The molecule has 5 aromatic rings. The first kappa shape index (κ1) is 19.7. The van der Waals surface area contributed by atoms with Crippen molar-refractivity contribution in [2.45, 2.75) is 32.6 Å². The van der Waals surface area contributed by atoms with E-state index in [4.69, 9.17) is 10.7 Å². The van der Waals surface area contributed by atoms with Gasteiger partial charge in [0.2, 0.25) is 0 Å². The van der Waals surface area contributed by atoms with E-state index in [0.29, 0.717) is 12.1 Å². The molecule has 164 valence electrons. The van der Waals surface area contributed by atoms with Gasteiger partial charge in [-0.3, -0.25) is 4.98 Å². The van der Waals surface area contributed by atoms with Crippen LogP contribution < -0.4 is 5.73 Å². The first-order chi connectivity index (χ1) is 16.1. The van der Waals surface area contributed by atoms with Gasteiger partial charge in [0, 0.05) is 36.3 Å². The van der Waals surface area contributed by atoms with Gasteiger partial charge in [-0.1, -0.05) is 18.2 Å². The van der Waals surface area contributed by atoms with Crippen LogP contribution in [0, 0.1) is 6.92 Å². The highest BCUT2D eigenvalue weighted by Gasteiger charge is 2.15. The van der Waals surface area contributed by atoms with Gasteiger partial charge in [-0.15, -0.1) is 0 Å². The van der Waals surface area contributed by atoms with Crippen molar-refractivity contribution in [1.29, 1.82) is 0 Å². The maximum atomic E-state index is 6.31. The first-order valence-electron chi connectivity index (χ1n) is 11.4. The molecule has 6 heteroatoms. The third-order valence-corrected chi connectivity index (χ3v) is 6.86. The Morgan fingerprint density at radius 1 is 1.03 bits per heavy atom. The maximum Gasteiger partial charge on any atom is 0.105 e. The van der Waals surface area contributed by atoms with Gasteiger partial charge >= 0.3 is 0 Å². The highest BCUT2D eigenvalue weighted by Crippen LogP contribution is 2.33. The molecule has 0 saturated heterocycles. The van der Waals surface area contributed by atoms with E-state index in [9.17, 15) is 0 Å². The van der Waals surface area contributed by atoms with Crippen molar-refractivity contribution in [3.63, 3.8) is 0 Å². The van der Waals surface area contributed by atoms with Crippen molar-refractivity contribution < 1.29 is 0 Å². The molecule has 0 unspecified atom stereocenters. The fourth-order valence-corrected chi connectivity index (χ4v) is 4.89. The Morgan fingerprint density at radius 3 is 2.76 bits per heavy atom. The zero-order valence-corrected chi connectivity index (χ0v) is 18.9. The summed E-state index contributed by atoms with van der Waals surface area (Å²) in [5.74, 6) is 0.951. The fraction of sp³-hybridized carbons (Fsp3) is 0.222. The van der Waals surface area contributed by atoms with Gasteiger partial charge in [-0.25, -0.2) is 9.97 Å². The normalized spacial score (nSPS) is 13.0. The molecule has 1 aliphatic carbocycles. The lowest BCUT2D eigenvalue weighted by Crippen LogP contribution is -2.02. The smallest absolute Gasteiger partial charge is 0.105 e. The van der Waals surface area contributed by atoms with Crippen LogP contribution in [0.15, 0.2) is 55.0 Å². The fourth-order valence-electron chi connectivity index (χ4n) is 4.89. The molecule has 0 amide bonds. The monoisotopic (exact) mass is 434 g/mol. The van der Waals surface area contributed by atoms with E-state index >= 15 is 0 Å². The highest BCUT2D eigenvalue weighted by molar-refractivity contribution is 5.95. The van der Waals surface area contributed by atoms with Crippen molar-refractivity contribution in [2.24, 2.45) is 7.05 Å². The van der Waals surface area contributed by atoms with E-state index in [-0.39, 0.29) is 0 Å². The average molecular weight is 435 g/mol. The number of fused-ring (bicyclic) bond motifs is 2. The Kier molecular flexibility index (Phi) is 4.54. The summed E-state index contributed by atoms with van der Waals surface area (Å²) in [6, 6.07) is 12.9. The van der Waals surface area contributed by atoms with Crippen molar-refractivity contribution >= 4 is 16.6 Å². The molecule has 3 N–H and O–H groups in total. The van der Waals surface area contributed by atoms with Crippen molar-refractivity contribution in [3.8, 4) is 22.5 Å². The number of hydrogen-bond acceptors (Lipinski definition) is 4. The van der Waals surface area contributed by atoms with Crippen LogP contribution in [-0.4, -0.2) is 24.5 Å². The van der Waals surface area contributed by atoms with Crippen LogP contribution in [0.2, 0.25) is 0 Å². The minimum absolute atomic E-state index is 0.620. The number of rotatable bonds is 4. The van der Waals surface area contributed by atoms with Gasteiger partial charge in [0.25, 0.3) is 0 Å². The summed E-state index contributed by atoms with van der Waals surface area (Å²) in [7, 11) is 2.00. The predicted molar refractivity (Wildman–Crippen MR) is 132 cm³/mol. The van der Waals surface area contributed by atoms with E-state index < -0.39 is 0 Å². The Bertz CT molecular complexity index is 1510. The van der Waals surface area contributed by atoms with Gasteiger partial charge in [-0.2, -0.15) is 0 Å². The molecule has 0 bridgehead atoms. The molecule has 0 fully saturated rings. The number of nitrogen functional groups attached to an aromatic ring is 1. The summed E-state index contributed by atoms with van der Waals surface area (Å²) in [5, 5.41) is 1.18. The van der Waals surface area contributed by atoms with Crippen molar-refractivity contribution in [2.75, 3.05) is 5.73 Å². The minimum atomic E-state index is 0.620. The van der Waals surface area contributed by atoms with E-state index in [1.165, 1.54) is 41.3 Å². The summed E-state index contributed by atoms with van der Waals surface area (Å²) in [5.41, 5.74) is 17.1. The van der Waals surface area contributed by atoms with Crippen LogP contribution in [0.4, 0.5) is 5.69 Å². The van der Waals surface area contributed by atoms with E-state index in [1.807, 2.05) is 49.3 Å². The second-order valence-corrected chi connectivity index (χ2v) is 8.94. The molecule has 6 nitrogen and oxygen atoms in total. The van der Waals surface area contributed by atoms with Crippen LogP contribution in [0.3, 0.4) is 0 Å². The number of nitrogens with one attached hydrogen (secondary N) is 1. The molecule has 0 aliphatic heterocycles. The van der Waals surface area contributed by atoms with Crippen LogP contribution >= 0.6 is 0 Å². The topological polar surface area (TPSA) is 85.4 Å². The van der Waals surface area contributed by atoms with Crippen LogP contribution in [0.5, 0.6) is 0 Å². The summed E-state index contributed by atoms with van der Waals surface area (Å²) in [4.78, 5) is 17.3. The van der Waals surface area contributed by atoms with Crippen LogP contribution in [-0.2, 0) is 26.3 Å². The summed E-state index contributed by atoms with van der Waals surface area (Å²) < 4.78 is 2.04. The number of H-pyrrole nitrogens is 1. The van der Waals surface area contributed by atoms with Crippen LogP contribution in [0.1, 0.15) is 34.8 Å². The number of nitrogens with zero attached hydrogens (tertiary/aromatic N) is 4. The molecule has 1 aliphatic rings. The Labute approximate surface area is 192 Å². The second kappa shape index (κ2) is 7.59. The minimum Gasteiger partial charge on any atom is -0.397 e. The molecule has 33 heavy (non-hydrogen) atoms. The molecule has 6 rings (SSSR count). The molecule has 1 aromatic carbocycles. The number of hydrogen-bond donors (Lipinski definition) is 2. The second-order valence-electron chi connectivity index (χ2n) is 8.94. The van der Waals surface area contributed by atoms with Crippen LogP contribution in [0.25, 0.3) is 33.4 Å². The van der Waals surface area contributed by atoms with E-state index in [1.54, 1.807) is 0 Å². The van der Waals surface area contributed by atoms with Gasteiger partial charge in [-0.05, 0) is 61.1 Å². The highest BCUT2D eigenvalue weighted by atomic mass is 15.1. The zero-order chi connectivity index (χ0) is 22.5. The largest absolute Gasteiger partial charge is 0.397 e. The number of imidazole rings is 1. The number of nitrogens with two attached hydrogens (primary N) is 1. The molecular formula is C27H26N6. The van der Waals surface area contributed by atoms with Gasteiger partial charge < -0.3 is 15.3 Å². The lowest BCUT2D eigenvalue weighted by molar-refractivity contribution is 0.860. The van der Waals surface area contributed by atoms with Crippen molar-refractivity contribution in [1.82, 2.24) is 24.5 Å². The van der Waals surface area contributed by atoms with Crippen molar-refractivity contribution in [3.05, 3.63) is 83.3 Å². The quantitative estimate of drug-likeness (QED) is 0.417. The molecule has 4 aromatic heterocycles. The van der Waals surface area contributed by atoms with Gasteiger partial charge in [0.1, 0.15) is 5.82 Å². The standard InChI is InChI=1S/C27H26N6/c1-16-30-15-27(33(16)2)24-9-8-23(28)25(32-24)12-20-11-21-22(13-29-14-26(21)31-20)19-7-6-17-4-3-5-18(17)10-19/h6-11,13-15,31H,3-5,12,28H2,1-2H3. The van der Waals surface area contributed by atoms with E-state index in [2.05, 4.69) is 39.2 Å². The molecule has 0 saturated carbocycles. The predicted octanol–water partition coefficient (Wildman–Crippen LogP) is 5.00. The number of benzene rings is 1. The summed E-state index contributed by atoms with van der Waals surface area (Å²) in [6.45, 7) is 1.98. The summed E-state index contributed by atoms with van der Waals surface area (Å²) >= 11 is 0. The lowest BCUT2D eigenvalue weighted by Gasteiger charge is -2.08. The Morgan fingerprint density at radius 2 is 1.91 bits per heavy atom. The molecule has 0 spiro atoms. The summed E-state index contributed by atoms with van der Waals surface area (Å²) in [6.07, 6.45) is 9.95. The zero-order valence-electron chi connectivity index (χ0n) is 18.9. The molecule has 4 heterocycles. The Balaban J connectivity index is 1.37. The number of anilines is 1. The number of pyridine rings is 2. The molecular weight excluding hydrogens is 408 g/mol. The van der Waals surface area contributed by atoms with Gasteiger partial charge in [0.15, 0.2) is 0 Å². The average Bonchev–Trinajstić information content (AvgIpc) is 3.53. The molecule has 0 radical (unpaired) electrons. The first-order valence-corrected chi connectivity index (χ1v) is 11.4. The number of aryl methyl sites for hydroxylation is 3.